The average Bonchev–Trinajstić information content (AvgIpc) is 2.41. The molecule has 1 aromatic rings. The fourth-order valence-corrected chi connectivity index (χ4v) is 2.61. The Bertz CT molecular complexity index is 535. The van der Waals surface area contributed by atoms with Crippen LogP contribution in [0.1, 0.15) is 18.4 Å². The summed E-state index contributed by atoms with van der Waals surface area (Å²) in [5, 5.41) is 20.3. The minimum Gasteiger partial charge on any atom is -0.481 e. The van der Waals surface area contributed by atoms with Gasteiger partial charge in [0.25, 0.3) is 5.69 Å². The Morgan fingerprint density at radius 3 is 2.95 bits per heavy atom. The maximum absolute atomic E-state index is 11.0. The van der Waals surface area contributed by atoms with E-state index in [-0.39, 0.29) is 11.6 Å². The normalized spacial score (nSPS) is 19.8. The molecule has 1 heterocycles. The van der Waals surface area contributed by atoms with Crippen molar-refractivity contribution in [2.45, 2.75) is 19.4 Å². The van der Waals surface area contributed by atoms with Crippen LogP contribution in [-0.4, -0.2) is 34.0 Å². The lowest BCUT2D eigenvalue weighted by atomic mass is 9.98. The van der Waals surface area contributed by atoms with E-state index >= 15 is 0 Å². The Hall–Kier alpha value is -1.66. The van der Waals surface area contributed by atoms with Crippen molar-refractivity contribution in [2.24, 2.45) is 5.92 Å². The minimum absolute atomic E-state index is 0.00352. The number of aliphatic carboxylic acids is 1. The zero-order valence-electron chi connectivity index (χ0n) is 10.8. The number of nitro groups is 1. The van der Waals surface area contributed by atoms with Crippen LogP contribution in [0.4, 0.5) is 5.69 Å². The number of piperidine rings is 1. The van der Waals surface area contributed by atoms with Crippen molar-refractivity contribution >= 4 is 23.3 Å². The molecule has 0 bridgehead atoms. The standard InChI is InChI=1S/C13H15ClN2O4/c14-12-4-3-11(16(19)20)6-10(12)8-15-5-1-2-9(7-15)13(17)18/h3-4,6,9H,1-2,5,7-8H2,(H,17,18). The van der Waals surface area contributed by atoms with Gasteiger partial charge in [0.15, 0.2) is 0 Å². The number of rotatable bonds is 4. The van der Waals surface area contributed by atoms with E-state index in [1.165, 1.54) is 18.2 Å². The number of halogens is 1. The summed E-state index contributed by atoms with van der Waals surface area (Å²) in [5.74, 6) is -1.17. The Balaban J connectivity index is 2.11. The second kappa shape index (κ2) is 6.19. The molecule has 1 saturated heterocycles. The SMILES string of the molecule is O=C(O)C1CCCN(Cc2cc([N+](=O)[O-])ccc2Cl)C1. The zero-order valence-corrected chi connectivity index (χ0v) is 11.5. The van der Waals surface area contributed by atoms with Gasteiger partial charge in [0, 0.05) is 30.2 Å². The van der Waals surface area contributed by atoms with Gasteiger partial charge >= 0.3 is 5.97 Å². The van der Waals surface area contributed by atoms with Crippen molar-refractivity contribution in [3.63, 3.8) is 0 Å². The summed E-state index contributed by atoms with van der Waals surface area (Å²) < 4.78 is 0. The van der Waals surface area contributed by atoms with Crippen LogP contribution in [0, 0.1) is 16.0 Å². The molecular weight excluding hydrogens is 284 g/mol. The molecule has 1 atom stereocenters. The molecule has 1 fully saturated rings. The van der Waals surface area contributed by atoms with Crippen molar-refractivity contribution in [1.82, 2.24) is 4.90 Å². The molecule has 0 saturated carbocycles. The first kappa shape index (κ1) is 14.7. The number of likely N-dealkylation sites (tertiary alicyclic amines) is 1. The van der Waals surface area contributed by atoms with Crippen LogP contribution in [0.3, 0.4) is 0 Å². The number of carboxylic acids is 1. The maximum Gasteiger partial charge on any atom is 0.307 e. The maximum atomic E-state index is 11.0. The zero-order chi connectivity index (χ0) is 14.7. The van der Waals surface area contributed by atoms with Gasteiger partial charge in [-0.15, -0.1) is 0 Å². The van der Waals surface area contributed by atoms with Crippen LogP contribution in [-0.2, 0) is 11.3 Å². The lowest BCUT2D eigenvalue weighted by Crippen LogP contribution is -2.38. The third-order valence-electron chi connectivity index (χ3n) is 3.49. The monoisotopic (exact) mass is 298 g/mol. The predicted octanol–water partition coefficient (Wildman–Crippen LogP) is 2.54. The molecule has 7 heteroatoms. The number of carbonyl (C=O) groups is 1. The number of non-ortho nitro benzene ring substituents is 1. The topological polar surface area (TPSA) is 83.7 Å². The van der Waals surface area contributed by atoms with Gasteiger partial charge in [-0.1, -0.05) is 11.6 Å². The van der Waals surface area contributed by atoms with Crippen LogP contribution >= 0.6 is 11.6 Å². The second-order valence-electron chi connectivity index (χ2n) is 4.95. The number of carboxylic acid groups (broad SMARTS) is 1. The molecule has 0 aromatic heterocycles. The molecule has 6 nitrogen and oxygen atoms in total. The van der Waals surface area contributed by atoms with Crippen molar-refractivity contribution < 1.29 is 14.8 Å². The molecule has 0 radical (unpaired) electrons. The van der Waals surface area contributed by atoms with E-state index in [1.54, 1.807) is 0 Å². The van der Waals surface area contributed by atoms with Gasteiger partial charge in [0.05, 0.1) is 10.8 Å². The molecular formula is C13H15ClN2O4. The fraction of sp³-hybridized carbons (Fsp3) is 0.462. The summed E-state index contributed by atoms with van der Waals surface area (Å²) in [5.41, 5.74) is 0.656. The summed E-state index contributed by atoms with van der Waals surface area (Å²) in [6, 6.07) is 4.32. The third-order valence-corrected chi connectivity index (χ3v) is 3.86. The molecule has 1 aliphatic rings. The van der Waals surface area contributed by atoms with Gasteiger partial charge in [-0.05, 0) is 31.0 Å². The largest absolute Gasteiger partial charge is 0.481 e. The summed E-state index contributed by atoms with van der Waals surface area (Å²) in [4.78, 5) is 23.3. The number of hydrogen-bond donors (Lipinski definition) is 1. The Labute approximate surface area is 121 Å². The molecule has 0 amide bonds. The van der Waals surface area contributed by atoms with E-state index in [0.29, 0.717) is 30.1 Å². The molecule has 1 aliphatic heterocycles. The lowest BCUT2D eigenvalue weighted by Gasteiger charge is -2.30. The summed E-state index contributed by atoms with van der Waals surface area (Å²) in [7, 11) is 0. The lowest BCUT2D eigenvalue weighted by molar-refractivity contribution is -0.384. The first-order valence-electron chi connectivity index (χ1n) is 6.35. The Kier molecular flexibility index (Phi) is 4.57. The van der Waals surface area contributed by atoms with E-state index in [9.17, 15) is 14.9 Å². The van der Waals surface area contributed by atoms with E-state index in [4.69, 9.17) is 16.7 Å². The smallest absolute Gasteiger partial charge is 0.307 e. The van der Waals surface area contributed by atoms with Crippen LogP contribution in [0.25, 0.3) is 0 Å². The minimum atomic E-state index is -0.792. The molecule has 0 aliphatic carbocycles. The van der Waals surface area contributed by atoms with Gasteiger partial charge in [-0.3, -0.25) is 19.8 Å². The Morgan fingerprint density at radius 2 is 2.30 bits per heavy atom. The van der Waals surface area contributed by atoms with Crippen molar-refractivity contribution in [2.75, 3.05) is 13.1 Å². The van der Waals surface area contributed by atoms with Crippen molar-refractivity contribution in [3.8, 4) is 0 Å². The third kappa shape index (κ3) is 3.46. The molecule has 1 unspecified atom stereocenters. The summed E-state index contributed by atoms with van der Waals surface area (Å²) in [6.07, 6.45) is 1.48. The second-order valence-corrected chi connectivity index (χ2v) is 5.35. The van der Waals surface area contributed by atoms with Crippen LogP contribution < -0.4 is 0 Å². The molecule has 20 heavy (non-hydrogen) atoms. The van der Waals surface area contributed by atoms with Crippen LogP contribution in [0.2, 0.25) is 5.02 Å². The summed E-state index contributed by atoms with van der Waals surface area (Å²) >= 11 is 6.05. The highest BCUT2D eigenvalue weighted by atomic mass is 35.5. The van der Waals surface area contributed by atoms with Crippen LogP contribution in [0.15, 0.2) is 18.2 Å². The molecule has 108 valence electrons. The molecule has 1 aromatic carbocycles. The van der Waals surface area contributed by atoms with Gasteiger partial charge in [-0.25, -0.2) is 0 Å². The van der Waals surface area contributed by atoms with Crippen molar-refractivity contribution in [1.29, 1.82) is 0 Å². The van der Waals surface area contributed by atoms with E-state index < -0.39 is 10.9 Å². The van der Waals surface area contributed by atoms with E-state index in [1.807, 2.05) is 4.90 Å². The fourth-order valence-electron chi connectivity index (χ4n) is 2.44. The highest BCUT2D eigenvalue weighted by Gasteiger charge is 2.25. The van der Waals surface area contributed by atoms with Crippen molar-refractivity contribution in [3.05, 3.63) is 38.9 Å². The summed E-state index contributed by atoms with van der Waals surface area (Å²) in [6.45, 7) is 1.67. The van der Waals surface area contributed by atoms with Gasteiger partial charge in [-0.2, -0.15) is 0 Å². The predicted molar refractivity (Wildman–Crippen MR) is 73.7 cm³/mol. The molecule has 0 spiro atoms. The number of nitrogens with zero attached hydrogens (tertiary/aromatic N) is 2. The quantitative estimate of drug-likeness (QED) is 0.682. The highest BCUT2D eigenvalue weighted by molar-refractivity contribution is 6.31. The van der Waals surface area contributed by atoms with Crippen LogP contribution in [0.5, 0.6) is 0 Å². The van der Waals surface area contributed by atoms with Gasteiger partial charge in [0.2, 0.25) is 0 Å². The number of nitro benzene ring substituents is 1. The molecule has 1 N–H and O–H groups in total. The van der Waals surface area contributed by atoms with E-state index in [2.05, 4.69) is 0 Å². The average molecular weight is 299 g/mol. The highest BCUT2D eigenvalue weighted by Crippen LogP contribution is 2.25. The number of hydrogen-bond acceptors (Lipinski definition) is 4. The first-order valence-corrected chi connectivity index (χ1v) is 6.73. The van der Waals surface area contributed by atoms with Gasteiger partial charge in [0.1, 0.15) is 0 Å². The van der Waals surface area contributed by atoms with E-state index in [0.717, 1.165) is 13.0 Å². The number of benzene rings is 1. The van der Waals surface area contributed by atoms with Gasteiger partial charge < -0.3 is 5.11 Å². The molecule has 2 rings (SSSR count). The Morgan fingerprint density at radius 1 is 1.55 bits per heavy atom. The first-order chi connectivity index (χ1) is 9.47.